The molecule has 0 spiro atoms. The molecular weight excluding hydrogens is 330 g/mol. The second-order valence-corrected chi connectivity index (χ2v) is 9.61. The van der Waals surface area contributed by atoms with Gasteiger partial charge in [0.05, 0.1) is 5.54 Å². The van der Waals surface area contributed by atoms with Crippen LogP contribution in [0.5, 0.6) is 0 Å². The molecule has 1 atom stereocenters. The first-order valence-corrected chi connectivity index (χ1v) is 12.2. The van der Waals surface area contributed by atoms with E-state index in [1.807, 2.05) is 0 Å². The summed E-state index contributed by atoms with van der Waals surface area (Å²) >= 11 is 0. The first kappa shape index (κ1) is 24.5. The minimum atomic E-state index is 0.0165. The summed E-state index contributed by atoms with van der Waals surface area (Å²) in [5.74, 6) is 1.93. The summed E-state index contributed by atoms with van der Waals surface area (Å²) in [5.41, 5.74) is 0.0165. The molecule has 0 bridgehead atoms. The molecule has 0 aromatic rings. The Bertz CT molecular complexity index is 375. The summed E-state index contributed by atoms with van der Waals surface area (Å²) in [4.78, 5) is 4.63. The van der Waals surface area contributed by atoms with Crippen LogP contribution in [0.3, 0.4) is 0 Å². The maximum Gasteiger partial charge on any atom is 0.183 e. The first-order valence-electron chi connectivity index (χ1n) is 12.2. The number of aliphatic imine (C=N–C) groups is 1. The fourth-order valence-corrected chi connectivity index (χ4v) is 3.88. The SMILES string of the molecule is CCC(C)CCCCCCCCCCCCCCCCC1=NC(C)(C)CO1. The lowest BCUT2D eigenvalue weighted by atomic mass is 9.99. The van der Waals surface area contributed by atoms with E-state index in [-0.39, 0.29) is 5.54 Å². The van der Waals surface area contributed by atoms with Crippen molar-refractivity contribution in [2.75, 3.05) is 6.61 Å². The van der Waals surface area contributed by atoms with Crippen LogP contribution in [0.1, 0.15) is 137 Å². The fraction of sp³-hybridized carbons (Fsp3) is 0.960. The zero-order chi connectivity index (χ0) is 19.8. The average Bonchev–Trinajstić information content (AvgIpc) is 2.99. The minimum Gasteiger partial charge on any atom is -0.478 e. The molecule has 2 heteroatoms. The van der Waals surface area contributed by atoms with Gasteiger partial charge in [0.2, 0.25) is 0 Å². The van der Waals surface area contributed by atoms with E-state index in [2.05, 4.69) is 32.7 Å². The van der Waals surface area contributed by atoms with Crippen molar-refractivity contribution in [3.63, 3.8) is 0 Å². The Morgan fingerprint density at radius 3 is 1.63 bits per heavy atom. The third-order valence-corrected chi connectivity index (χ3v) is 6.05. The second-order valence-electron chi connectivity index (χ2n) is 9.61. The number of hydrogen-bond donors (Lipinski definition) is 0. The number of ether oxygens (including phenoxy) is 1. The van der Waals surface area contributed by atoms with E-state index in [1.165, 1.54) is 103 Å². The van der Waals surface area contributed by atoms with Gasteiger partial charge in [-0.15, -0.1) is 0 Å². The Labute approximate surface area is 171 Å². The second kappa shape index (κ2) is 15.4. The molecule has 1 aliphatic heterocycles. The van der Waals surface area contributed by atoms with Crippen molar-refractivity contribution < 1.29 is 4.74 Å². The molecule has 0 aliphatic carbocycles. The van der Waals surface area contributed by atoms with Crippen molar-refractivity contribution >= 4 is 5.90 Å². The summed E-state index contributed by atoms with van der Waals surface area (Å²) < 4.78 is 5.65. The van der Waals surface area contributed by atoms with Crippen LogP contribution >= 0.6 is 0 Å². The number of nitrogens with zero attached hydrogens (tertiary/aromatic N) is 1. The Morgan fingerprint density at radius 1 is 0.778 bits per heavy atom. The van der Waals surface area contributed by atoms with E-state index in [4.69, 9.17) is 4.74 Å². The lowest BCUT2D eigenvalue weighted by Crippen LogP contribution is -2.17. The average molecular weight is 380 g/mol. The highest BCUT2D eigenvalue weighted by atomic mass is 16.5. The van der Waals surface area contributed by atoms with Crippen LogP contribution in [-0.4, -0.2) is 18.0 Å². The van der Waals surface area contributed by atoms with E-state index in [9.17, 15) is 0 Å². The molecule has 0 radical (unpaired) electrons. The van der Waals surface area contributed by atoms with Gasteiger partial charge in [-0.2, -0.15) is 0 Å². The molecule has 0 amide bonds. The zero-order valence-corrected chi connectivity index (χ0v) is 19.2. The van der Waals surface area contributed by atoms with Crippen LogP contribution in [0.2, 0.25) is 0 Å². The summed E-state index contributed by atoms with van der Waals surface area (Å²) in [6.45, 7) is 9.76. The van der Waals surface area contributed by atoms with Gasteiger partial charge in [0.15, 0.2) is 5.90 Å². The maximum absolute atomic E-state index is 5.65. The van der Waals surface area contributed by atoms with Crippen LogP contribution < -0.4 is 0 Å². The maximum atomic E-state index is 5.65. The predicted molar refractivity (Wildman–Crippen MR) is 121 cm³/mol. The van der Waals surface area contributed by atoms with E-state index in [1.54, 1.807) is 0 Å². The summed E-state index contributed by atoms with van der Waals surface area (Å²) in [5, 5.41) is 0. The molecule has 1 heterocycles. The van der Waals surface area contributed by atoms with E-state index in [0.29, 0.717) is 0 Å². The van der Waals surface area contributed by atoms with Crippen molar-refractivity contribution in [1.82, 2.24) is 0 Å². The van der Waals surface area contributed by atoms with Crippen LogP contribution in [0.4, 0.5) is 0 Å². The quantitative estimate of drug-likeness (QED) is 0.219. The van der Waals surface area contributed by atoms with E-state index >= 15 is 0 Å². The molecule has 1 unspecified atom stereocenters. The molecule has 0 N–H and O–H groups in total. The van der Waals surface area contributed by atoms with E-state index in [0.717, 1.165) is 24.8 Å². The fourth-order valence-electron chi connectivity index (χ4n) is 3.88. The molecule has 0 aromatic heterocycles. The highest BCUT2D eigenvalue weighted by Gasteiger charge is 2.25. The van der Waals surface area contributed by atoms with Crippen LogP contribution in [0.25, 0.3) is 0 Å². The van der Waals surface area contributed by atoms with Gasteiger partial charge >= 0.3 is 0 Å². The molecule has 0 aromatic carbocycles. The van der Waals surface area contributed by atoms with Gasteiger partial charge < -0.3 is 4.74 Å². The zero-order valence-electron chi connectivity index (χ0n) is 19.2. The van der Waals surface area contributed by atoms with Crippen LogP contribution in [0.15, 0.2) is 4.99 Å². The van der Waals surface area contributed by atoms with Crippen molar-refractivity contribution in [3.8, 4) is 0 Å². The van der Waals surface area contributed by atoms with E-state index < -0.39 is 0 Å². The Hall–Kier alpha value is -0.530. The standard InChI is InChI=1S/C25H49NO/c1-5-23(2)20-18-16-14-12-10-8-6-7-9-11-13-15-17-19-21-24-26-25(3,4)22-27-24/h23H,5-22H2,1-4H3. The molecule has 0 saturated carbocycles. The van der Waals surface area contributed by atoms with Gasteiger partial charge in [0.25, 0.3) is 0 Å². The van der Waals surface area contributed by atoms with Crippen molar-refractivity contribution in [3.05, 3.63) is 0 Å². The normalized spacial score (nSPS) is 17.0. The van der Waals surface area contributed by atoms with Crippen LogP contribution in [-0.2, 0) is 4.74 Å². The van der Waals surface area contributed by atoms with Gasteiger partial charge in [0, 0.05) is 6.42 Å². The molecule has 0 fully saturated rings. The smallest absolute Gasteiger partial charge is 0.183 e. The van der Waals surface area contributed by atoms with Crippen molar-refractivity contribution in [2.45, 2.75) is 142 Å². The van der Waals surface area contributed by atoms with Crippen LogP contribution in [0, 0.1) is 5.92 Å². The molecule has 0 saturated heterocycles. The number of rotatable bonds is 18. The Kier molecular flexibility index (Phi) is 14.0. The highest BCUT2D eigenvalue weighted by Crippen LogP contribution is 2.20. The van der Waals surface area contributed by atoms with Crippen molar-refractivity contribution in [2.24, 2.45) is 10.9 Å². The lowest BCUT2D eigenvalue weighted by Gasteiger charge is -2.07. The highest BCUT2D eigenvalue weighted by molar-refractivity contribution is 5.78. The molecular formula is C25H49NO. The number of unbranched alkanes of at least 4 members (excludes halogenated alkanes) is 13. The van der Waals surface area contributed by atoms with Gasteiger partial charge in [-0.1, -0.05) is 110 Å². The Morgan fingerprint density at radius 2 is 1.22 bits per heavy atom. The summed E-state index contributed by atoms with van der Waals surface area (Å²) in [6, 6.07) is 0. The largest absolute Gasteiger partial charge is 0.478 e. The van der Waals surface area contributed by atoms with Crippen molar-refractivity contribution in [1.29, 1.82) is 0 Å². The third-order valence-electron chi connectivity index (χ3n) is 6.05. The Balaban J connectivity index is 1.72. The summed E-state index contributed by atoms with van der Waals surface area (Å²) in [7, 11) is 0. The molecule has 27 heavy (non-hydrogen) atoms. The predicted octanol–water partition coefficient (Wildman–Crippen LogP) is 8.48. The molecule has 1 rings (SSSR count). The van der Waals surface area contributed by atoms with Gasteiger partial charge in [0.1, 0.15) is 6.61 Å². The topological polar surface area (TPSA) is 21.6 Å². The molecule has 2 nitrogen and oxygen atoms in total. The monoisotopic (exact) mass is 379 g/mol. The third kappa shape index (κ3) is 14.2. The summed E-state index contributed by atoms with van der Waals surface area (Å²) in [6.07, 6.45) is 23.8. The van der Waals surface area contributed by atoms with Gasteiger partial charge in [-0.05, 0) is 26.2 Å². The molecule has 160 valence electrons. The first-order chi connectivity index (χ1) is 13.0. The van der Waals surface area contributed by atoms with Gasteiger partial charge in [-0.25, -0.2) is 4.99 Å². The molecule has 1 aliphatic rings. The lowest BCUT2D eigenvalue weighted by molar-refractivity contribution is 0.273. The minimum absolute atomic E-state index is 0.0165. The number of hydrogen-bond acceptors (Lipinski definition) is 2. The van der Waals surface area contributed by atoms with Gasteiger partial charge in [-0.3, -0.25) is 0 Å².